The van der Waals surface area contributed by atoms with E-state index in [1.165, 1.54) is 0 Å². The lowest BCUT2D eigenvalue weighted by molar-refractivity contribution is -0.140. The van der Waals surface area contributed by atoms with Crippen molar-refractivity contribution < 1.29 is 14.7 Å². The Bertz CT molecular complexity index is 267. The average molecular weight is 213 g/mol. The molecule has 0 radical (unpaired) electrons. The molecule has 1 rings (SSSR count). The van der Waals surface area contributed by atoms with Crippen LogP contribution in [0.4, 0.5) is 0 Å². The van der Waals surface area contributed by atoms with E-state index < -0.39 is 11.9 Å². The van der Waals surface area contributed by atoms with Crippen molar-refractivity contribution in [3.8, 4) is 0 Å². The quantitative estimate of drug-likeness (QED) is 0.738. The van der Waals surface area contributed by atoms with Gasteiger partial charge in [0.15, 0.2) is 0 Å². The molecular formula is C11H19NO3. The number of amides is 1. The van der Waals surface area contributed by atoms with Crippen LogP contribution in [0.2, 0.25) is 0 Å². The van der Waals surface area contributed by atoms with Gasteiger partial charge in [-0.25, -0.2) is 0 Å². The topological polar surface area (TPSA) is 66.4 Å². The van der Waals surface area contributed by atoms with Crippen molar-refractivity contribution in [3.05, 3.63) is 0 Å². The molecule has 86 valence electrons. The molecule has 0 aromatic carbocycles. The standard InChI is InChI=1S/C11H19NO3/c1-11(2,3)4-5-12-9(13)7-6-8(7)10(14)15/h7-8H,4-6H2,1-3H3,(H,12,13)(H,14,15). The third-order valence-corrected chi connectivity index (χ3v) is 2.62. The number of hydrogen-bond donors (Lipinski definition) is 2. The molecule has 1 saturated carbocycles. The summed E-state index contributed by atoms with van der Waals surface area (Å²) in [6.07, 6.45) is 1.40. The van der Waals surface area contributed by atoms with Gasteiger partial charge in [-0.15, -0.1) is 0 Å². The van der Waals surface area contributed by atoms with Crippen molar-refractivity contribution in [3.63, 3.8) is 0 Å². The smallest absolute Gasteiger partial charge is 0.307 e. The molecule has 0 heterocycles. The molecule has 4 heteroatoms. The maximum Gasteiger partial charge on any atom is 0.307 e. The number of carbonyl (C=O) groups excluding carboxylic acids is 1. The van der Waals surface area contributed by atoms with Crippen LogP contribution in [-0.4, -0.2) is 23.5 Å². The van der Waals surface area contributed by atoms with E-state index in [1.54, 1.807) is 0 Å². The molecule has 0 spiro atoms. The van der Waals surface area contributed by atoms with Gasteiger partial charge in [-0.2, -0.15) is 0 Å². The minimum absolute atomic E-state index is 0.105. The van der Waals surface area contributed by atoms with Crippen molar-refractivity contribution in [2.45, 2.75) is 33.6 Å². The highest BCUT2D eigenvalue weighted by atomic mass is 16.4. The van der Waals surface area contributed by atoms with Crippen LogP contribution in [0.1, 0.15) is 33.6 Å². The van der Waals surface area contributed by atoms with E-state index in [2.05, 4.69) is 26.1 Å². The monoisotopic (exact) mass is 213 g/mol. The molecule has 2 N–H and O–H groups in total. The zero-order chi connectivity index (χ0) is 11.6. The summed E-state index contributed by atoms with van der Waals surface area (Å²) < 4.78 is 0. The molecule has 4 nitrogen and oxygen atoms in total. The van der Waals surface area contributed by atoms with E-state index in [4.69, 9.17) is 5.11 Å². The summed E-state index contributed by atoms with van der Waals surface area (Å²) in [6, 6.07) is 0. The second kappa shape index (κ2) is 4.21. The summed E-state index contributed by atoms with van der Waals surface area (Å²) in [4.78, 5) is 22.0. The van der Waals surface area contributed by atoms with Crippen molar-refractivity contribution in [1.82, 2.24) is 5.32 Å². The predicted molar refractivity (Wildman–Crippen MR) is 56.3 cm³/mol. The van der Waals surface area contributed by atoms with Crippen LogP contribution in [-0.2, 0) is 9.59 Å². The van der Waals surface area contributed by atoms with Gasteiger partial charge < -0.3 is 10.4 Å². The van der Waals surface area contributed by atoms with Crippen LogP contribution in [0.5, 0.6) is 0 Å². The summed E-state index contributed by atoms with van der Waals surface area (Å²) in [7, 11) is 0. The number of nitrogens with one attached hydrogen (secondary N) is 1. The lowest BCUT2D eigenvalue weighted by atomic mass is 9.92. The Morgan fingerprint density at radius 2 is 1.93 bits per heavy atom. The number of rotatable bonds is 4. The van der Waals surface area contributed by atoms with Gasteiger partial charge in [-0.05, 0) is 18.3 Å². The second-order valence-electron chi connectivity index (χ2n) is 5.39. The van der Waals surface area contributed by atoms with Crippen LogP contribution >= 0.6 is 0 Å². The molecule has 1 amide bonds. The molecule has 0 aromatic rings. The zero-order valence-corrected chi connectivity index (χ0v) is 9.54. The summed E-state index contributed by atoms with van der Waals surface area (Å²) in [6.45, 7) is 6.95. The van der Waals surface area contributed by atoms with Crippen molar-refractivity contribution in [2.24, 2.45) is 17.3 Å². The Morgan fingerprint density at radius 1 is 1.33 bits per heavy atom. The Kier molecular flexibility index (Phi) is 3.37. The van der Waals surface area contributed by atoms with Crippen molar-refractivity contribution in [2.75, 3.05) is 6.54 Å². The van der Waals surface area contributed by atoms with Gasteiger partial charge >= 0.3 is 5.97 Å². The third-order valence-electron chi connectivity index (χ3n) is 2.62. The lowest BCUT2D eigenvalue weighted by Crippen LogP contribution is -2.29. The first-order valence-corrected chi connectivity index (χ1v) is 5.32. The van der Waals surface area contributed by atoms with Crippen LogP contribution < -0.4 is 5.32 Å². The maximum absolute atomic E-state index is 11.4. The van der Waals surface area contributed by atoms with Crippen molar-refractivity contribution >= 4 is 11.9 Å². The second-order valence-corrected chi connectivity index (χ2v) is 5.39. The van der Waals surface area contributed by atoms with E-state index in [0.717, 1.165) is 6.42 Å². The van der Waals surface area contributed by atoms with Gasteiger partial charge in [0, 0.05) is 6.54 Å². The molecular weight excluding hydrogens is 194 g/mol. The van der Waals surface area contributed by atoms with Gasteiger partial charge in [-0.1, -0.05) is 20.8 Å². The van der Waals surface area contributed by atoms with Gasteiger partial charge in [0.25, 0.3) is 0 Å². The first-order valence-electron chi connectivity index (χ1n) is 5.32. The minimum Gasteiger partial charge on any atom is -0.481 e. The van der Waals surface area contributed by atoms with Crippen LogP contribution in [0.3, 0.4) is 0 Å². The normalized spacial score (nSPS) is 24.7. The van der Waals surface area contributed by atoms with Gasteiger partial charge in [-0.3, -0.25) is 9.59 Å². The van der Waals surface area contributed by atoms with Gasteiger partial charge in [0.2, 0.25) is 5.91 Å². The van der Waals surface area contributed by atoms with E-state index in [1.807, 2.05) is 0 Å². The molecule has 1 fully saturated rings. The summed E-state index contributed by atoms with van der Waals surface area (Å²) >= 11 is 0. The molecule has 2 atom stereocenters. The zero-order valence-electron chi connectivity index (χ0n) is 9.54. The highest BCUT2D eigenvalue weighted by molar-refractivity contribution is 5.89. The average Bonchev–Trinajstić information content (AvgIpc) is 2.79. The fraction of sp³-hybridized carbons (Fsp3) is 0.818. The van der Waals surface area contributed by atoms with Crippen LogP contribution in [0, 0.1) is 17.3 Å². The first-order chi connectivity index (χ1) is 6.81. The number of aliphatic carboxylic acids is 1. The molecule has 0 saturated heterocycles. The summed E-state index contributed by atoms with van der Waals surface area (Å²) in [5.74, 6) is -1.69. The molecule has 15 heavy (non-hydrogen) atoms. The summed E-state index contributed by atoms with van der Waals surface area (Å²) in [5, 5.41) is 11.4. The van der Waals surface area contributed by atoms with Gasteiger partial charge in [0.1, 0.15) is 0 Å². The predicted octanol–water partition coefficient (Wildman–Crippen LogP) is 1.26. The molecule has 0 aliphatic heterocycles. The Morgan fingerprint density at radius 3 is 2.33 bits per heavy atom. The van der Waals surface area contributed by atoms with E-state index in [9.17, 15) is 9.59 Å². The fourth-order valence-electron chi connectivity index (χ4n) is 1.45. The Labute approximate surface area is 90.0 Å². The van der Waals surface area contributed by atoms with E-state index in [0.29, 0.717) is 13.0 Å². The number of hydrogen-bond acceptors (Lipinski definition) is 2. The highest BCUT2D eigenvalue weighted by Gasteiger charge is 2.48. The molecule has 2 unspecified atom stereocenters. The van der Waals surface area contributed by atoms with Crippen molar-refractivity contribution in [1.29, 1.82) is 0 Å². The SMILES string of the molecule is CC(C)(C)CCNC(=O)C1CC1C(=O)O. The highest BCUT2D eigenvalue weighted by Crippen LogP contribution is 2.38. The molecule has 0 bridgehead atoms. The van der Waals surface area contributed by atoms with Crippen LogP contribution in [0.25, 0.3) is 0 Å². The maximum atomic E-state index is 11.4. The number of carboxylic acids is 1. The Balaban J connectivity index is 2.19. The first kappa shape index (κ1) is 12.0. The molecule has 1 aliphatic carbocycles. The number of carboxylic acid groups (broad SMARTS) is 1. The summed E-state index contributed by atoms with van der Waals surface area (Å²) in [5.41, 5.74) is 0.197. The largest absolute Gasteiger partial charge is 0.481 e. The van der Waals surface area contributed by atoms with E-state index >= 15 is 0 Å². The molecule has 0 aromatic heterocycles. The molecule has 1 aliphatic rings. The lowest BCUT2D eigenvalue weighted by Gasteiger charge is -2.17. The van der Waals surface area contributed by atoms with E-state index in [-0.39, 0.29) is 17.2 Å². The Hall–Kier alpha value is -1.06. The number of carbonyl (C=O) groups is 2. The minimum atomic E-state index is -0.856. The van der Waals surface area contributed by atoms with Gasteiger partial charge in [0.05, 0.1) is 11.8 Å². The van der Waals surface area contributed by atoms with Crippen LogP contribution in [0.15, 0.2) is 0 Å². The third kappa shape index (κ3) is 3.90. The fourth-order valence-corrected chi connectivity index (χ4v) is 1.45.